The van der Waals surface area contributed by atoms with Crippen LogP contribution in [-0.4, -0.2) is 13.0 Å². The lowest BCUT2D eigenvalue weighted by Crippen LogP contribution is -2.42. The summed E-state index contributed by atoms with van der Waals surface area (Å²) in [5.74, 6) is 0.798. The maximum atomic E-state index is 14.5. The van der Waals surface area contributed by atoms with Gasteiger partial charge in [-0.3, -0.25) is 4.79 Å². The number of amides is 1. The van der Waals surface area contributed by atoms with Crippen LogP contribution in [0.1, 0.15) is 27.8 Å². The highest BCUT2D eigenvalue weighted by molar-refractivity contribution is 6.13. The van der Waals surface area contributed by atoms with E-state index in [0.29, 0.717) is 6.54 Å². The van der Waals surface area contributed by atoms with Crippen LogP contribution in [-0.2, 0) is 16.8 Å². The summed E-state index contributed by atoms with van der Waals surface area (Å²) in [4.78, 5) is 16.5. The number of aryl methyl sites for hydroxylation is 1. The highest BCUT2D eigenvalue weighted by Gasteiger charge is 2.53. The van der Waals surface area contributed by atoms with Crippen LogP contribution in [0.25, 0.3) is 0 Å². The molecule has 0 saturated carbocycles. The van der Waals surface area contributed by atoms with Gasteiger partial charge >= 0.3 is 0 Å². The third kappa shape index (κ3) is 3.01. The minimum Gasteiger partial charge on any atom is -0.497 e. The van der Waals surface area contributed by atoms with Crippen molar-refractivity contribution in [2.45, 2.75) is 18.9 Å². The number of benzene rings is 4. The number of carbonyl (C=O) groups excluding carboxylic acids is 1. The van der Waals surface area contributed by atoms with Crippen molar-refractivity contribution in [1.29, 1.82) is 0 Å². The zero-order chi connectivity index (χ0) is 22.1. The highest BCUT2D eigenvalue weighted by atomic mass is 16.5. The van der Waals surface area contributed by atoms with Crippen molar-refractivity contribution in [3.05, 3.63) is 131 Å². The molecule has 0 spiro atoms. The first kappa shape index (κ1) is 20.1. The Bertz CT molecular complexity index is 1280. The van der Waals surface area contributed by atoms with Crippen LogP contribution in [0, 0.1) is 6.92 Å². The normalized spacial score (nSPS) is 17.3. The molecule has 0 aliphatic carbocycles. The Morgan fingerprint density at radius 3 is 2.22 bits per heavy atom. The number of fused-ring (bicyclic) bond motifs is 1. The average molecular weight is 420 g/mol. The average Bonchev–Trinajstić information content (AvgIpc) is 3.09. The molecule has 158 valence electrons. The molecular formula is C29H25NO2. The lowest BCUT2D eigenvalue weighted by Gasteiger charge is -2.32. The standard InChI is InChI=1S/C29H25NO2/c1-21-11-6-7-16-25(21)29(23-14-10-15-24(19-23)32-2)26-17-8-9-18-27(26)30(28(29)31)20-22-12-4-3-5-13-22/h3-19H,20H2,1-2H3. The van der Waals surface area contributed by atoms with E-state index in [0.717, 1.165) is 39.3 Å². The van der Waals surface area contributed by atoms with E-state index >= 15 is 0 Å². The van der Waals surface area contributed by atoms with Crippen molar-refractivity contribution in [3.8, 4) is 5.75 Å². The van der Waals surface area contributed by atoms with E-state index in [1.54, 1.807) is 7.11 Å². The number of para-hydroxylation sites is 1. The zero-order valence-electron chi connectivity index (χ0n) is 18.3. The summed E-state index contributed by atoms with van der Waals surface area (Å²) in [6.45, 7) is 2.60. The molecule has 1 unspecified atom stereocenters. The molecule has 0 aromatic heterocycles. The van der Waals surface area contributed by atoms with Crippen molar-refractivity contribution in [2.24, 2.45) is 0 Å². The van der Waals surface area contributed by atoms with E-state index in [1.165, 1.54) is 0 Å². The minimum absolute atomic E-state index is 0.0603. The molecular weight excluding hydrogens is 394 g/mol. The Morgan fingerprint density at radius 2 is 1.47 bits per heavy atom. The van der Waals surface area contributed by atoms with Gasteiger partial charge in [-0.15, -0.1) is 0 Å². The van der Waals surface area contributed by atoms with Crippen LogP contribution in [0.2, 0.25) is 0 Å². The summed E-state index contributed by atoms with van der Waals surface area (Å²) in [6, 6.07) is 34.4. The third-order valence-electron chi connectivity index (χ3n) is 6.40. The molecule has 0 saturated heterocycles. The Morgan fingerprint density at radius 1 is 0.781 bits per heavy atom. The summed E-state index contributed by atoms with van der Waals surface area (Å²) < 4.78 is 5.55. The first-order chi connectivity index (χ1) is 15.7. The van der Waals surface area contributed by atoms with Gasteiger partial charge in [0.1, 0.15) is 11.2 Å². The monoisotopic (exact) mass is 419 g/mol. The van der Waals surface area contributed by atoms with Crippen molar-refractivity contribution in [3.63, 3.8) is 0 Å². The van der Waals surface area contributed by atoms with Crippen molar-refractivity contribution < 1.29 is 9.53 Å². The number of nitrogens with zero attached hydrogens (tertiary/aromatic N) is 1. The number of ether oxygens (including phenoxy) is 1. The van der Waals surface area contributed by atoms with Crippen LogP contribution in [0.15, 0.2) is 103 Å². The fourth-order valence-corrected chi connectivity index (χ4v) is 4.92. The molecule has 1 heterocycles. The van der Waals surface area contributed by atoms with Gasteiger partial charge in [0.25, 0.3) is 0 Å². The molecule has 3 nitrogen and oxygen atoms in total. The van der Waals surface area contributed by atoms with Crippen LogP contribution >= 0.6 is 0 Å². The smallest absolute Gasteiger partial charge is 0.247 e. The molecule has 1 amide bonds. The summed E-state index contributed by atoms with van der Waals surface area (Å²) in [5.41, 5.74) is 5.11. The Balaban J connectivity index is 1.80. The lowest BCUT2D eigenvalue weighted by molar-refractivity contribution is -0.120. The number of carbonyl (C=O) groups is 1. The summed E-state index contributed by atoms with van der Waals surface area (Å²) in [5, 5.41) is 0. The topological polar surface area (TPSA) is 29.5 Å². The number of methoxy groups -OCH3 is 1. The SMILES string of the molecule is COc1cccc(C2(c3ccccc3C)C(=O)N(Cc3ccccc3)c3ccccc32)c1. The number of rotatable bonds is 5. The molecule has 5 rings (SSSR count). The molecule has 4 aromatic rings. The van der Waals surface area contributed by atoms with E-state index in [9.17, 15) is 4.79 Å². The molecule has 1 aliphatic rings. The predicted octanol–water partition coefficient (Wildman–Crippen LogP) is 5.88. The largest absolute Gasteiger partial charge is 0.497 e. The van der Waals surface area contributed by atoms with E-state index in [1.807, 2.05) is 71.6 Å². The fraction of sp³-hybridized carbons (Fsp3) is 0.138. The van der Waals surface area contributed by atoms with Gasteiger partial charge in [0.2, 0.25) is 5.91 Å². The van der Waals surface area contributed by atoms with Gasteiger partial charge in [-0.1, -0.05) is 84.9 Å². The van der Waals surface area contributed by atoms with E-state index in [-0.39, 0.29) is 5.91 Å². The predicted molar refractivity (Wildman–Crippen MR) is 128 cm³/mol. The second-order valence-corrected chi connectivity index (χ2v) is 8.19. The quantitative estimate of drug-likeness (QED) is 0.404. The molecule has 0 N–H and O–H groups in total. The Labute approximate surface area is 188 Å². The summed E-state index contributed by atoms with van der Waals surface area (Å²) in [7, 11) is 1.66. The van der Waals surface area contributed by atoms with Crippen LogP contribution in [0.3, 0.4) is 0 Å². The molecule has 0 fully saturated rings. The van der Waals surface area contributed by atoms with E-state index < -0.39 is 5.41 Å². The van der Waals surface area contributed by atoms with Crippen molar-refractivity contribution >= 4 is 11.6 Å². The Hall–Kier alpha value is -3.85. The van der Waals surface area contributed by atoms with E-state index in [2.05, 4.69) is 43.3 Å². The number of hydrogen-bond donors (Lipinski definition) is 0. The van der Waals surface area contributed by atoms with Crippen molar-refractivity contribution in [2.75, 3.05) is 12.0 Å². The maximum absolute atomic E-state index is 14.5. The van der Waals surface area contributed by atoms with Gasteiger partial charge in [-0.2, -0.15) is 0 Å². The zero-order valence-corrected chi connectivity index (χ0v) is 18.3. The molecule has 0 bridgehead atoms. The highest BCUT2D eigenvalue weighted by Crippen LogP contribution is 2.51. The van der Waals surface area contributed by atoms with Gasteiger partial charge < -0.3 is 9.64 Å². The molecule has 1 atom stereocenters. The first-order valence-electron chi connectivity index (χ1n) is 10.8. The maximum Gasteiger partial charge on any atom is 0.247 e. The van der Waals surface area contributed by atoms with Gasteiger partial charge in [0.15, 0.2) is 0 Å². The molecule has 32 heavy (non-hydrogen) atoms. The van der Waals surface area contributed by atoms with Crippen LogP contribution in [0.5, 0.6) is 5.75 Å². The second kappa shape index (κ2) is 8.01. The molecule has 1 aliphatic heterocycles. The molecule has 4 aromatic carbocycles. The lowest BCUT2D eigenvalue weighted by atomic mass is 9.69. The van der Waals surface area contributed by atoms with Gasteiger partial charge in [-0.25, -0.2) is 0 Å². The molecule has 3 heteroatoms. The minimum atomic E-state index is -0.939. The Kier molecular flexibility index (Phi) is 5.02. The van der Waals surface area contributed by atoms with Gasteiger partial charge in [-0.05, 0) is 47.4 Å². The van der Waals surface area contributed by atoms with Gasteiger partial charge in [0, 0.05) is 11.3 Å². The van der Waals surface area contributed by atoms with Crippen molar-refractivity contribution in [1.82, 2.24) is 0 Å². The third-order valence-corrected chi connectivity index (χ3v) is 6.40. The number of hydrogen-bond acceptors (Lipinski definition) is 2. The summed E-state index contributed by atoms with van der Waals surface area (Å²) >= 11 is 0. The second-order valence-electron chi connectivity index (χ2n) is 8.19. The molecule has 0 radical (unpaired) electrons. The van der Waals surface area contributed by atoms with Gasteiger partial charge in [0.05, 0.1) is 13.7 Å². The summed E-state index contributed by atoms with van der Waals surface area (Å²) in [6.07, 6.45) is 0. The fourth-order valence-electron chi connectivity index (χ4n) is 4.92. The van der Waals surface area contributed by atoms with E-state index in [4.69, 9.17) is 4.74 Å². The van der Waals surface area contributed by atoms with Crippen LogP contribution < -0.4 is 9.64 Å². The number of anilines is 1. The van der Waals surface area contributed by atoms with Crippen LogP contribution in [0.4, 0.5) is 5.69 Å². The first-order valence-corrected chi connectivity index (χ1v) is 10.8.